The number of Topliss-reactive ketones (excluding diaryl/α,β-unsaturated/α-hetero) is 1. The summed E-state index contributed by atoms with van der Waals surface area (Å²) in [6.45, 7) is 3.29. The van der Waals surface area contributed by atoms with Crippen LogP contribution in [-0.4, -0.2) is 38.2 Å². The van der Waals surface area contributed by atoms with E-state index in [1.807, 2.05) is 12.1 Å². The Labute approximate surface area is 192 Å². The zero-order chi connectivity index (χ0) is 22.9. The molecule has 2 rings (SSSR count). The Hall–Kier alpha value is -2.66. The summed E-state index contributed by atoms with van der Waals surface area (Å²) in [4.78, 5) is 23.6. The highest BCUT2D eigenvalue weighted by Gasteiger charge is 2.17. The fourth-order valence-electron chi connectivity index (χ4n) is 3.33. The minimum atomic E-state index is -0.868. The standard InChI is InChI=1S/C27H36O5/c1-2-3-4-5-6-7-9-12-23-15-17-25(18-16-23)31-21-19-30-20-22-32-27(29)26(28)24-13-10-8-11-14-24/h8,10-11,13-18H,2-7,9,12,19-22H2,1H3. The van der Waals surface area contributed by atoms with E-state index in [9.17, 15) is 9.59 Å². The molecule has 0 aliphatic rings. The van der Waals surface area contributed by atoms with Crippen LogP contribution in [0, 0.1) is 0 Å². The molecule has 2 aromatic rings. The Kier molecular flexibility index (Phi) is 12.8. The van der Waals surface area contributed by atoms with Gasteiger partial charge in [-0.3, -0.25) is 4.79 Å². The number of hydrogen-bond donors (Lipinski definition) is 0. The Bertz CT molecular complexity index is 770. The number of carbonyl (C=O) groups excluding carboxylic acids is 2. The van der Waals surface area contributed by atoms with Crippen molar-refractivity contribution in [3.05, 3.63) is 65.7 Å². The van der Waals surface area contributed by atoms with Crippen LogP contribution in [0.25, 0.3) is 0 Å². The second-order valence-corrected chi connectivity index (χ2v) is 7.81. The summed E-state index contributed by atoms with van der Waals surface area (Å²) < 4.78 is 16.0. The van der Waals surface area contributed by atoms with E-state index in [-0.39, 0.29) is 13.2 Å². The number of ether oxygens (including phenoxy) is 3. The zero-order valence-electron chi connectivity index (χ0n) is 19.2. The summed E-state index contributed by atoms with van der Waals surface area (Å²) in [7, 11) is 0. The van der Waals surface area contributed by atoms with Gasteiger partial charge in [-0.15, -0.1) is 0 Å². The first kappa shape index (κ1) is 25.6. The lowest BCUT2D eigenvalue weighted by Crippen LogP contribution is -2.20. The maximum atomic E-state index is 11.9. The average molecular weight is 441 g/mol. The number of hydrogen-bond acceptors (Lipinski definition) is 5. The monoisotopic (exact) mass is 440 g/mol. The Balaban J connectivity index is 1.48. The summed E-state index contributed by atoms with van der Waals surface area (Å²) >= 11 is 0. The third-order valence-corrected chi connectivity index (χ3v) is 5.17. The van der Waals surface area contributed by atoms with E-state index in [1.54, 1.807) is 30.3 Å². The molecule has 0 heterocycles. The number of aryl methyl sites for hydroxylation is 1. The first-order chi connectivity index (χ1) is 15.7. The van der Waals surface area contributed by atoms with Crippen molar-refractivity contribution in [2.75, 3.05) is 26.4 Å². The van der Waals surface area contributed by atoms with Crippen LogP contribution >= 0.6 is 0 Å². The van der Waals surface area contributed by atoms with Gasteiger partial charge in [-0.1, -0.05) is 87.9 Å². The summed E-state index contributed by atoms with van der Waals surface area (Å²) in [6.07, 6.45) is 10.4. The minimum Gasteiger partial charge on any atom is -0.491 e. The van der Waals surface area contributed by atoms with Crippen LogP contribution in [0.3, 0.4) is 0 Å². The Morgan fingerprint density at radius 2 is 1.38 bits per heavy atom. The molecule has 0 aliphatic heterocycles. The van der Waals surface area contributed by atoms with Gasteiger partial charge in [-0.25, -0.2) is 4.79 Å². The van der Waals surface area contributed by atoms with Crippen LogP contribution in [0.1, 0.15) is 67.8 Å². The van der Waals surface area contributed by atoms with Crippen molar-refractivity contribution in [2.24, 2.45) is 0 Å². The quantitative estimate of drug-likeness (QED) is 0.135. The molecule has 0 atom stereocenters. The maximum Gasteiger partial charge on any atom is 0.379 e. The van der Waals surface area contributed by atoms with E-state index in [4.69, 9.17) is 14.2 Å². The van der Waals surface area contributed by atoms with Crippen LogP contribution in [0.2, 0.25) is 0 Å². The van der Waals surface area contributed by atoms with Crippen molar-refractivity contribution >= 4 is 11.8 Å². The molecule has 0 amide bonds. The van der Waals surface area contributed by atoms with Gasteiger partial charge >= 0.3 is 5.97 Å². The predicted molar refractivity (Wildman–Crippen MR) is 126 cm³/mol. The van der Waals surface area contributed by atoms with E-state index in [0.29, 0.717) is 18.8 Å². The molecule has 32 heavy (non-hydrogen) atoms. The molecule has 0 unspecified atom stereocenters. The first-order valence-corrected chi connectivity index (χ1v) is 11.8. The van der Waals surface area contributed by atoms with Crippen molar-refractivity contribution in [2.45, 2.75) is 58.3 Å². The van der Waals surface area contributed by atoms with Crippen molar-refractivity contribution in [1.82, 2.24) is 0 Å². The lowest BCUT2D eigenvalue weighted by molar-refractivity contribution is -0.139. The molecule has 0 N–H and O–H groups in total. The summed E-state index contributed by atoms with van der Waals surface area (Å²) in [5, 5.41) is 0. The fourth-order valence-corrected chi connectivity index (χ4v) is 3.33. The molecule has 0 fully saturated rings. The topological polar surface area (TPSA) is 61.8 Å². The predicted octanol–water partition coefficient (Wildman–Crippen LogP) is 5.80. The number of benzene rings is 2. The second kappa shape index (κ2) is 16.0. The van der Waals surface area contributed by atoms with Crippen LogP contribution in [0.4, 0.5) is 0 Å². The van der Waals surface area contributed by atoms with Gasteiger partial charge in [0.15, 0.2) is 0 Å². The van der Waals surface area contributed by atoms with E-state index in [0.717, 1.165) is 12.2 Å². The SMILES string of the molecule is CCCCCCCCCc1ccc(OCCOCCOC(=O)C(=O)c2ccccc2)cc1. The van der Waals surface area contributed by atoms with E-state index in [2.05, 4.69) is 19.1 Å². The van der Waals surface area contributed by atoms with Crippen molar-refractivity contribution in [3.63, 3.8) is 0 Å². The molecule has 0 aromatic heterocycles. The maximum absolute atomic E-state index is 11.9. The molecular formula is C27H36O5. The highest BCUT2D eigenvalue weighted by atomic mass is 16.6. The molecular weight excluding hydrogens is 404 g/mol. The summed E-state index contributed by atoms with van der Waals surface area (Å²) in [5.74, 6) is -0.700. The van der Waals surface area contributed by atoms with Crippen molar-refractivity contribution in [3.8, 4) is 5.75 Å². The molecule has 174 valence electrons. The minimum absolute atomic E-state index is 0.0324. The lowest BCUT2D eigenvalue weighted by atomic mass is 10.0. The normalized spacial score (nSPS) is 10.7. The van der Waals surface area contributed by atoms with Crippen LogP contribution in [-0.2, 0) is 20.7 Å². The Morgan fingerprint density at radius 1 is 0.719 bits per heavy atom. The van der Waals surface area contributed by atoms with Gasteiger partial charge in [0.05, 0.1) is 13.2 Å². The second-order valence-electron chi connectivity index (χ2n) is 7.81. The highest BCUT2D eigenvalue weighted by molar-refractivity contribution is 6.40. The van der Waals surface area contributed by atoms with Gasteiger partial charge in [0.2, 0.25) is 0 Å². The van der Waals surface area contributed by atoms with Gasteiger partial charge in [0.25, 0.3) is 5.78 Å². The van der Waals surface area contributed by atoms with Crippen LogP contribution in [0.5, 0.6) is 5.75 Å². The third-order valence-electron chi connectivity index (χ3n) is 5.17. The molecule has 5 heteroatoms. The van der Waals surface area contributed by atoms with Crippen molar-refractivity contribution in [1.29, 1.82) is 0 Å². The number of rotatable bonds is 17. The van der Waals surface area contributed by atoms with E-state index >= 15 is 0 Å². The number of unbranched alkanes of at least 4 members (excludes halogenated alkanes) is 6. The van der Waals surface area contributed by atoms with Crippen molar-refractivity contribution < 1.29 is 23.8 Å². The van der Waals surface area contributed by atoms with E-state index in [1.165, 1.54) is 50.5 Å². The average Bonchev–Trinajstić information content (AvgIpc) is 2.83. The highest BCUT2D eigenvalue weighted by Crippen LogP contribution is 2.15. The molecule has 0 saturated heterocycles. The first-order valence-electron chi connectivity index (χ1n) is 11.8. The van der Waals surface area contributed by atoms with Crippen LogP contribution < -0.4 is 4.74 Å². The zero-order valence-corrected chi connectivity index (χ0v) is 19.2. The fraction of sp³-hybridized carbons (Fsp3) is 0.481. The van der Waals surface area contributed by atoms with Gasteiger partial charge in [0.1, 0.15) is 19.0 Å². The Morgan fingerprint density at radius 3 is 2.09 bits per heavy atom. The number of ketones is 1. The molecule has 0 radical (unpaired) electrons. The molecule has 0 spiro atoms. The van der Waals surface area contributed by atoms with Gasteiger partial charge in [-0.2, -0.15) is 0 Å². The number of esters is 1. The molecule has 0 aliphatic carbocycles. The van der Waals surface area contributed by atoms with Gasteiger partial charge in [-0.05, 0) is 30.5 Å². The summed E-state index contributed by atoms with van der Waals surface area (Å²) in [5.41, 5.74) is 1.66. The van der Waals surface area contributed by atoms with Gasteiger partial charge < -0.3 is 14.2 Å². The smallest absolute Gasteiger partial charge is 0.379 e. The molecule has 2 aromatic carbocycles. The van der Waals surface area contributed by atoms with E-state index < -0.39 is 11.8 Å². The molecule has 0 bridgehead atoms. The van der Waals surface area contributed by atoms with Gasteiger partial charge in [0, 0.05) is 5.56 Å². The number of carbonyl (C=O) groups is 2. The summed E-state index contributed by atoms with van der Waals surface area (Å²) in [6, 6.07) is 16.6. The largest absolute Gasteiger partial charge is 0.491 e. The third kappa shape index (κ3) is 10.6. The molecule has 5 nitrogen and oxygen atoms in total. The molecule has 0 saturated carbocycles. The van der Waals surface area contributed by atoms with Crippen LogP contribution in [0.15, 0.2) is 54.6 Å². The lowest BCUT2D eigenvalue weighted by Gasteiger charge is -2.09.